The number of benzene rings is 2. The molecule has 2 N–H and O–H groups in total. The predicted molar refractivity (Wildman–Crippen MR) is 89.6 cm³/mol. The molecule has 3 heteroatoms. The molecule has 0 aliphatic heterocycles. The number of hydrogen-bond donors (Lipinski definition) is 2. The fourth-order valence-electron chi connectivity index (χ4n) is 2.64. The molecule has 0 saturated carbocycles. The fourth-order valence-corrected chi connectivity index (χ4v) is 2.64. The van der Waals surface area contributed by atoms with Gasteiger partial charge in [0, 0.05) is 19.6 Å². The zero-order valence-electron chi connectivity index (χ0n) is 13.4. The summed E-state index contributed by atoms with van der Waals surface area (Å²) in [4.78, 5) is 2.08. The highest BCUT2D eigenvalue weighted by Crippen LogP contribution is 2.23. The van der Waals surface area contributed by atoms with Gasteiger partial charge in [0.2, 0.25) is 0 Å². The van der Waals surface area contributed by atoms with Crippen molar-refractivity contribution in [3.8, 4) is 0 Å². The number of aliphatic hydroxyl groups is 2. The first-order valence-electron chi connectivity index (χ1n) is 7.68. The van der Waals surface area contributed by atoms with Crippen molar-refractivity contribution >= 4 is 0 Å². The first-order chi connectivity index (χ1) is 10.5. The van der Waals surface area contributed by atoms with E-state index in [9.17, 15) is 10.2 Å². The van der Waals surface area contributed by atoms with Gasteiger partial charge in [-0.3, -0.25) is 4.90 Å². The van der Waals surface area contributed by atoms with Gasteiger partial charge >= 0.3 is 0 Å². The third kappa shape index (κ3) is 4.67. The summed E-state index contributed by atoms with van der Waals surface area (Å²) in [7, 11) is 0. The van der Waals surface area contributed by atoms with Crippen molar-refractivity contribution < 1.29 is 10.2 Å². The van der Waals surface area contributed by atoms with E-state index in [1.165, 1.54) is 11.1 Å². The normalized spacial score (nSPS) is 14.0. The molecule has 118 valence electrons. The number of nitrogens with zero attached hydrogens (tertiary/aromatic N) is 1. The van der Waals surface area contributed by atoms with E-state index in [2.05, 4.69) is 17.0 Å². The van der Waals surface area contributed by atoms with E-state index in [0.29, 0.717) is 19.6 Å². The Morgan fingerprint density at radius 3 is 2.23 bits per heavy atom. The van der Waals surface area contributed by atoms with Crippen LogP contribution in [0.1, 0.15) is 23.6 Å². The molecular weight excluding hydrogens is 274 g/mol. The topological polar surface area (TPSA) is 43.7 Å². The molecule has 0 amide bonds. The third-order valence-corrected chi connectivity index (χ3v) is 3.87. The van der Waals surface area contributed by atoms with Gasteiger partial charge in [-0.05, 0) is 25.0 Å². The largest absolute Gasteiger partial charge is 0.395 e. The van der Waals surface area contributed by atoms with E-state index in [1.54, 1.807) is 0 Å². The maximum Gasteiger partial charge on any atom is 0.0994 e. The van der Waals surface area contributed by atoms with E-state index in [-0.39, 0.29) is 6.61 Å². The maximum atomic E-state index is 10.8. The van der Waals surface area contributed by atoms with Crippen molar-refractivity contribution in [3.63, 3.8) is 0 Å². The summed E-state index contributed by atoms with van der Waals surface area (Å²) in [6.45, 7) is 5.67. The van der Waals surface area contributed by atoms with Gasteiger partial charge in [0.1, 0.15) is 0 Å². The van der Waals surface area contributed by atoms with E-state index in [4.69, 9.17) is 0 Å². The molecule has 0 heterocycles. The monoisotopic (exact) mass is 299 g/mol. The van der Waals surface area contributed by atoms with Crippen molar-refractivity contribution in [1.82, 2.24) is 4.90 Å². The van der Waals surface area contributed by atoms with Gasteiger partial charge in [-0.2, -0.15) is 0 Å². The van der Waals surface area contributed by atoms with Gasteiger partial charge in [0.15, 0.2) is 0 Å². The lowest BCUT2D eigenvalue weighted by atomic mass is 9.94. The Kier molecular flexibility index (Phi) is 5.72. The molecule has 0 bridgehead atoms. The van der Waals surface area contributed by atoms with Crippen molar-refractivity contribution in [2.45, 2.75) is 26.0 Å². The molecule has 0 aliphatic carbocycles. The highest BCUT2D eigenvalue weighted by Gasteiger charge is 2.26. The van der Waals surface area contributed by atoms with Crippen LogP contribution in [0.3, 0.4) is 0 Å². The van der Waals surface area contributed by atoms with Crippen LogP contribution in [0.5, 0.6) is 0 Å². The van der Waals surface area contributed by atoms with Crippen LogP contribution in [0.4, 0.5) is 0 Å². The summed E-state index contributed by atoms with van der Waals surface area (Å²) < 4.78 is 0. The molecule has 2 rings (SSSR count). The molecule has 0 aromatic heterocycles. The minimum Gasteiger partial charge on any atom is -0.395 e. The lowest BCUT2D eigenvalue weighted by Crippen LogP contribution is -2.40. The number of aliphatic hydroxyl groups excluding tert-OH is 1. The summed E-state index contributed by atoms with van der Waals surface area (Å²) in [5.41, 5.74) is 2.30. The molecule has 0 radical (unpaired) electrons. The Bertz CT molecular complexity index is 564. The third-order valence-electron chi connectivity index (χ3n) is 3.87. The first kappa shape index (κ1) is 16.7. The fraction of sp³-hybridized carbons (Fsp3) is 0.368. The van der Waals surface area contributed by atoms with Crippen LogP contribution in [-0.2, 0) is 12.1 Å². The van der Waals surface area contributed by atoms with Crippen molar-refractivity contribution in [2.75, 3.05) is 19.7 Å². The zero-order chi connectivity index (χ0) is 16.0. The van der Waals surface area contributed by atoms with Crippen LogP contribution >= 0.6 is 0 Å². The van der Waals surface area contributed by atoms with Gasteiger partial charge in [-0.15, -0.1) is 0 Å². The van der Waals surface area contributed by atoms with Gasteiger partial charge in [0.05, 0.1) is 12.2 Å². The number of hydrogen-bond acceptors (Lipinski definition) is 3. The number of aryl methyl sites for hydroxylation is 1. The molecule has 0 spiro atoms. The lowest BCUT2D eigenvalue weighted by molar-refractivity contribution is 0.00884. The Hall–Kier alpha value is -1.68. The molecule has 0 fully saturated rings. The quantitative estimate of drug-likeness (QED) is 0.826. The Morgan fingerprint density at radius 1 is 1.00 bits per heavy atom. The molecule has 1 unspecified atom stereocenters. The summed E-state index contributed by atoms with van der Waals surface area (Å²) in [5, 5.41) is 20.1. The van der Waals surface area contributed by atoms with E-state index >= 15 is 0 Å². The maximum absolute atomic E-state index is 10.8. The Labute approximate surface area is 132 Å². The lowest BCUT2D eigenvalue weighted by Gasteiger charge is -2.32. The molecule has 22 heavy (non-hydrogen) atoms. The van der Waals surface area contributed by atoms with Crippen LogP contribution in [-0.4, -0.2) is 34.8 Å². The number of rotatable bonds is 7. The van der Waals surface area contributed by atoms with Gasteiger partial charge in [-0.1, -0.05) is 60.2 Å². The standard InChI is InChI=1S/C19H25NO2/c1-16-8-10-18(11-9-16)19(2,22)15-20(12-13-21)14-17-6-4-3-5-7-17/h3-11,21-22H,12-15H2,1-2H3. The highest BCUT2D eigenvalue weighted by molar-refractivity contribution is 5.26. The van der Waals surface area contributed by atoms with Crippen molar-refractivity contribution in [3.05, 3.63) is 71.3 Å². The summed E-state index contributed by atoms with van der Waals surface area (Å²) in [5.74, 6) is 0. The highest BCUT2D eigenvalue weighted by atomic mass is 16.3. The van der Waals surface area contributed by atoms with Crippen LogP contribution in [0.2, 0.25) is 0 Å². The molecule has 1 atom stereocenters. The minimum absolute atomic E-state index is 0.0802. The second-order valence-electron chi connectivity index (χ2n) is 6.06. The average Bonchev–Trinajstić information content (AvgIpc) is 2.48. The smallest absolute Gasteiger partial charge is 0.0994 e. The summed E-state index contributed by atoms with van der Waals surface area (Å²) >= 11 is 0. The van der Waals surface area contributed by atoms with Crippen LogP contribution in [0.25, 0.3) is 0 Å². The minimum atomic E-state index is -0.947. The molecular formula is C19H25NO2. The summed E-state index contributed by atoms with van der Waals surface area (Å²) in [6, 6.07) is 18.1. The van der Waals surface area contributed by atoms with Crippen molar-refractivity contribution in [2.24, 2.45) is 0 Å². The van der Waals surface area contributed by atoms with Crippen LogP contribution in [0, 0.1) is 6.92 Å². The van der Waals surface area contributed by atoms with E-state index in [1.807, 2.05) is 56.3 Å². The van der Waals surface area contributed by atoms with Gasteiger partial charge < -0.3 is 10.2 Å². The first-order valence-corrected chi connectivity index (χ1v) is 7.68. The van der Waals surface area contributed by atoms with Gasteiger partial charge in [-0.25, -0.2) is 0 Å². The molecule has 3 nitrogen and oxygen atoms in total. The molecule has 2 aromatic rings. The molecule has 0 saturated heterocycles. The molecule has 2 aromatic carbocycles. The van der Waals surface area contributed by atoms with E-state index < -0.39 is 5.60 Å². The SMILES string of the molecule is Cc1ccc(C(C)(O)CN(CCO)Cc2ccccc2)cc1. The van der Waals surface area contributed by atoms with Crippen molar-refractivity contribution in [1.29, 1.82) is 0 Å². The Balaban J connectivity index is 2.10. The zero-order valence-corrected chi connectivity index (χ0v) is 13.4. The second kappa shape index (κ2) is 7.54. The van der Waals surface area contributed by atoms with Gasteiger partial charge in [0.25, 0.3) is 0 Å². The van der Waals surface area contributed by atoms with Crippen LogP contribution in [0.15, 0.2) is 54.6 Å². The summed E-state index contributed by atoms with van der Waals surface area (Å²) in [6.07, 6.45) is 0. The predicted octanol–water partition coefficient (Wildman–Crippen LogP) is 2.70. The van der Waals surface area contributed by atoms with Crippen LogP contribution < -0.4 is 0 Å². The second-order valence-corrected chi connectivity index (χ2v) is 6.06. The Morgan fingerprint density at radius 2 is 1.64 bits per heavy atom. The average molecular weight is 299 g/mol. The van der Waals surface area contributed by atoms with E-state index in [0.717, 1.165) is 5.56 Å². The molecule has 0 aliphatic rings.